The van der Waals surface area contributed by atoms with Gasteiger partial charge in [-0.25, -0.2) is 4.98 Å². The Kier molecular flexibility index (Phi) is 10.0. The Morgan fingerprint density at radius 2 is 2.17 bits per heavy atom. The van der Waals surface area contributed by atoms with E-state index in [9.17, 15) is 0 Å². The van der Waals surface area contributed by atoms with Gasteiger partial charge in [-0.15, -0.1) is 24.0 Å². The molecule has 1 aromatic rings. The highest BCUT2D eigenvalue weighted by Crippen LogP contribution is 2.28. The van der Waals surface area contributed by atoms with Gasteiger partial charge >= 0.3 is 0 Å². The Labute approximate surface area is 162 Å². The smallest absolute Gasteiger partial charge is 0.191 e. The lowest BCUT2D eigenvalue weighted by Gasteiger charge is -2.14. The fourth-order valence-electron chi connectivity index (χ4n) is 2.14. The first kappa shape index (κ1) is 21.0. The molecule has 0 aromatic carbocycles. The molecule has 0 spiro atoms. The summed E-state index contributed by atoms with van der Waals surface area (Å²) in [4.78, 5) is 10.6. The molecule has 1 aliphatic rings. The largest absolute Gasteiger partial charge is 0.381 e. The van der Waals surface area contributed by atoms with Crippen LogP contribution in [0.5, 0.6) is 0 Å². The highest BCUT2D eigenvalue weighted by molar-refractivity contribution is 14.0. The predicted octanol–water partition coefficient (Wildman–Crippen LogP) is 2.25. The van der Waals surface area contributed by atoms with Gasteiger partial charge in [0.2, 0.25) is 0 Å². The molecule has 2 rings (SSSR count). The fraction of sp³-hybridized carbons (Fsp3) is 0.647. The lowest BCUT2D eigenvalue weighted by molar-refractivity contribution is 0.123. The number of rotatable bonds is 9. The second kappa shape index (κ2) is 11.5. The Morgan fingerprint density at radius 3 is 2.83 bits per heavy atom. The first-order chi connectivity index (χ1) is 11.2. The van der Waals surface area contributed by atoms with E-state index in [1.165, 1.54) is 18.4 Å². The molecule has 1 heterocycles. The molecule has 6 nitrogen and oxygen atoms in total. The summed E-state index contributed by atoms with van der Waals surface area (Å²) in [5, 5.41) is 6.64. The summed E-state index contributed by atoms with van der Waals surface area (Å²) >= 11 is 0. The van der Waals surface area contributed by atoms with Crippen LogP contribution in [-0.2, 0) is 11.3 Å². The third kappa shape index (κ3) is 8.14. The van der Waals surface area contributed by atoms with E-state index in [2.05, 4.69) is 26.7 Å². The molecule has 0 bridgehead atoms. The van der Waals surface area contributed by atoms with Gasteiger partial charge in [0, 0.05) is 53.6 Å². The molecule has 0 amide bonds. The Hall–Kier alpha value is -1.09. The van der Waals surface area contributed by atoms with Gasteiger partial charge in [0.15, 0.2) is 5.96 Å². The van der Waals surface area contributed by atoms with Crippen LogP contribution in [-0.4, -0.2) is 51.8 Å². The average molecular weight is 447 g/mol. The Bertz CT molecular complexity index is 506. The van der Waals surface area contributed by atoms with E-state index >= 15 is 0 Å². The SMILES string of the molecule is CN=C(NCCCOCC1CC1)NCc1ccnc(N(C)C)c1.I. The quantitative estimate of drug-likeness (QED) is 0.263. The van der Waals surface area contributed by atoms with Crippen LogP contribution < -0.4 is 15.5 Å². The molecule has 0 atom stereocenters. The maximum atomic E-state index is 5.63. The molecule has 1 aliphatic carbocycles. The van der Waals surface area contributed by atoms with Crippen LogP contribution in [0.1, 0.15) is 24.8 Å². The summed E-state index contributed by atoms with van der Waals surface area (Å²) in [6.07, 6.45) is 5.52. The van der Waals surface area contributed by atoms with Crippen LogP contribution in [0, 0.1) is 5.92 Å². The summed E-state index contributed by atoms with van der Waals surface area (Å²) in [5.41, 5.74) is 1.18. The van der Waals surface area contributed by atoms with Crippen molar-refractivity contribution < 1.29 is 4.74 Å². The number of hydrogen-bond donors (Lipinski definition) is 2. The molecule has 0 radical (unpaired) electrons. The number of nitrogens with one attached hydrogen (secondary N) is 2. The van der Waals surface area contributed by atoms with Crippen LogP contribution in [0.3, 0.4) is 0 Å². The number of nitrogens with zero attached hydrogens (tertiary/aromatic N) is 3. The lowest BCUT2D eigenvalue weighted by Crippen LogP contribution is -2.37. The third-order valence-electron chi connectivity index (χ3n) is 3.76. The first-order valence-corrected chi connectivity index (χ1v) is 8.33. The molecule has 0 unspecified atom stereocenters. The van der Waals surface area contributed by atoms with Gasteiger partial charge in [0.1, 0.15) is 5.82 Å². The van der Waals surface area contributed by atoms with Gasteiger partial charge < -0.3 is 20.3 Å². The second-order valence-corrected chi connectivity index (χ2v) is 6.14. The van der Waals surface area contributed by atoms with E-state index in [4.69, 9.17) is 4.74 Å². The van der Waals surface area contributed by atoms with Crippen LogP contribution >= 0.6 is 24.0 Å². The van der Waals surface area contributed by atoms with Gasteiger partial charge in [-0.05, 0) is 42.9 Å². The number of aliphatic imine (C=N–C) groups is 1. The summed E-state index contributed by atoms with van der Waals surface area (Å²) in [7, 11) is 5.77. The number of pyridine rings is 1. The minimum absolute atomic E-state index is 0. The zero-order chi connectivity index (χ0) is 16.5. The van der Waals surface area contributed by atoms with Crippen molar-refractivity contribution in [1.82, 2.24) is 15.6 Å². The van der Waals surface area contributed by atoms with Crippen LogP contribution in [0.25, 0.3) is 0 Å². The number of anilines is 1. The molecule has 7 heteroatoms. The third-order valence-corrected chi connectivity index (χ3v) is 3.76. The summed E-state index contributed by atoms with van der Waals surface area (Å²) in [5.74, 6) is 2.61. The highest BCUT2D eigenvalue weighted by Gasteiger charge is 2.20. The summed E-state index contributed by atoms with van der Waals surface area (Å²) in [6, 6.07) is 4.09. The van der Waals surface area contributed by atoms with E-state index in [1.807, 2.05) is 31.3 Å². The molecule has 0 aliphatic heterocycles. The molecule has 1 aromatic heterocycles. The van der Waals surface area contributed by atoms with E-state index in [-0.39, 0.29) is 24.0 Å². The van der Waals surface area contributed by atoms with Crippen molar-refractivity contribution in [1.29, 1.82) is 0 Å². The number of guanidine groups is 1. The predicted molar refractivity (Wildman–Crippen MR) is 110 cm³/mol. The van der Waals surface area contributed by atoms with Crippen molar-refractivity contribution in [2.45, 2.75) is 25.8 Å². The monoisotopic (exact) mass is 447 g/mol. The van der Waals surface area contributed by atoms with Crippen molar-refractivity contribution in [2.24, 2.45) is 10.9 Å². The average Bonchev–Trinajstić information content (AvgIpc) is 3.38. The maximum Gasteiger partial charge on any atom is 0.191 e. The molecular weight excluding hydrogens is 417 g/mol. The van der Waals surface area contributed by atoms with Crippen LogP contribution in [0.4, 0.5) is 5.82 Å². The Morgan fingerprint density at radius 1 is 1.38 bits per heavy atom. The lowest BCUT2D eigenvalue weighted by atomic mass is 10.2. The van der Waals surface area contributed by atoms with Gasteiger partial charge in [0.05, 0.1) is 0 Å². The van der Waals surface area contributed by atoms with Gasteiger partial charge in [-0.3, -0.25) is 4.99 Å². The number of ether oxygens (including phenoxy) is 1. The molecule has 1 fully saturated rings. The van der Waals surface area contributed by atoms with Crippen molar-refractivity contribution in [2.75, 3.05) is 45.8 Å². The molecule has 2 N–H and O–H groups in total. The minimum atomic E-state index is 0. The molecule has 1 saturated carbocycles. The standard InChI is InChI=1S/C17H29N5O.HI/c1-18-17(20-8-4-10-23-13-14-5-6-14)21-12-15-7-9-19-16(11-15)22(2)3;/h7,9,11,14H,4-6,8,10,12-13H2,1-3H3,(H2,18,20,21);1H. The van der Waals surface area contributed by atoms with Crippen molar-refractivity contribution in [3.63, 3.8) is 0 Å². The molecular formula is C17H30IN5O. The van der Waals surface area contributed by atoms with E-state index in [0.717, 1.165) is 50.4 Å². The number of halogens is 1. The first-order valence-electron chi connectivity index (χ1n) is 8.33. The summed E-state index contributed by atoms with van der Waals surface area (Å²) < 4.78 is 5.63. The van der Waals surface area contributed by atoms with Crippen LogP contribution in [0.2, 0.25) is 0 Å². The number of hydrogen-bond acceptors (Lipinski definition) is 4. The molecule has 24 heavy (non-hydrogen) atoms. The zero-order valence-corrected chi connectivity index (χ0v) is 17.2. The molecule has 0 saturated heterocycles. The van der Waals surface area contributed by atoms with Crippen molar-refractivity contribution in [3.05, 3.63) is 23.9 Å². The topological polar surface area (TPSA) is 61.8 Å². The highest BCUT2D eigenvalue weighted by atomic mass is 127. The zero-order valence-electron chi connectivity index (χ0n) is 14.9. The minimum Gasteiger partial charge on any atom is -0.381 e. The maximum absolute atomic E-state index is 5.63. The molecule has 136 valence electrons. The van der Waals surface area contributed by atoms with E-state index < -0.39 is 0 Å². The van der Waals surface area contributed by atoms with Crippen LogP contribution in [0.15, 0.2) is 23.3 Å². The Balaban J connectivity index is 0.00000288. The van der Waals surface area contributed by atoms with Crippen molar-refractivity contribution in [3.8, 4) is 0 Å². The van der Waals surface area contributed by atoms with Crippen molar-refractivity contribution >= 4 is 35.8 Å². The second-order valence-electron chi connectivity index (χ2n) is 6.14. The normalized spacial score (nSPS) is 14.0. The van der Waals surface area contributed by atoms with E-state index in [1.54, 1.807) is 7.05 Å². The van der Waals surface area contributed by atoms with Gasteiger partial charge in [0.25, 0.3) is 0 Å². The number of aromatic nitrogens is 1. The fourth-order valence-corrected chi connectivity index (χ4v) is 2.14. The van der Waals surface area contributed by atoms with Gasteiger partial charge in [-0.2, -0.15) is 0 Å². The van der Waals surface area contributed by atoms with E-state index in [0.29, 0.717) is 0 Å². The summed E-state index contributed by atoms with van der Waals surface area (Å²) in [6.45, 7) is 3.34. The van der Waals surface area contributed by atoms with Gasteiger partial charge in [-0.1, -0.05) is 0 Å².